The van der Waals surface area contributed by atoms with Crippen LogP contribution in [-0.2, 0) is 16.1 Å². The zero-order valence-electron chi connectivity index (χ0n) is 20.4. The molecule has 4 rings (SSSR count). The van der Waals surface area contributed by atoms with E-state index in [1.807, 2.05) is 35.2 Å². The lowest BCUT2D eigenvalue weighted by Gasteiger charge is -2.32. The summed E-state index contributed by atoms with van der Waals surface area (Å²) in [5.74, 6) is 1.06. The largest absolute Gasteiger partial charge is 0.493 e. The molecule has 8 nitrogen and oxygen atoms in total. The normalized spacial score (nSPS) is 18.5. The van der Waals surface area contributed by atoms with Gasteiger partial charge in [0, 0.05) is 44.7 Å². The van der Waals surface area contributed by atoms with Gasteiger partial charge >= 0.3 is 0 Å². The summed E-state index contributed by atoms with van der Waals surface area (Å²) in [6.45, 7) is 2.84. The molecule has 0 spiro atoms. The van der Waals surface area contributed by atoms with E-state index < -0.39 is 0 Å². The number of hydrogen-bond donors (Lipinski definition) is 1. The molecule has 2 aliphatic rings. The van der Waals surface area contributed by atoms with E-state index in [9.17, 15) is 14.4 Å². The van der Waals surface area contributed by atoms with E-state index in [0.717, 1.165) is 18.4 Å². The molecule has 186 valence electrons. The molecule has 0 saturated carbocycles. The van der Waals surface area contributed by atoms with Crippen LogP contribution < -0.4 is 14.8 Å². The summed E-state index contributed by atoms with van der Waals surface area (Å²) in [6, 6.07) is 15.0. The van der Waals surface area contributed by atoms with E-state index in [1.54, 1.807) is 37.3 Å². The van der Waals surface area contributed by atoms with E-state index in [-0.39, 0.29) is 30.1 Å². The van der Waals surface area contributed by atoms with E-state index >= 15 is 0 Å². The Bertz CT molecular complexity index is 1050. The van der Waals surface area contributed by atoms with Crippen molar-refractivity contribution in [2.45, 2.75) is 25.8 Å². The van der Waals surface area contributed by atoms with Gasteiger partial charge in [-0.3, -0.25) is 14.4 Å². The molecule has 2 aliphatic heterocycles. The highest BCUT2D eigenvalue weighted by Gasteiger charge is 2.34. The summed E-state index contributed by atoms with van der Waals surface area (Å²) in [6.07, 6.45) is 1.91. The average molecular weight is 480 g/mol. The lowest BCUT2D eigenvalue weighted by atomic mass is 9.95. The summed E-state index contributed by atoms with van der Waals surface area (Å²) >= 11 is 0. The highest BCUT2D eigenvalue weighted by atomic mass is 16.5. The van der Waals surface area contributed by atoms with Gasteiger partial charge in [-0.05, 0) is 42.5 Å². The number of nitrogens with one attached hydrogen (secondary N) is 1. The Labute approximate surface area is 206 Å². The number of carbonyl (C=O) groups is 3. The molecular formula is C27H33N3O5. The van der Waals surface area contributed by atoms with Crippen LogP contribution in [0, 0.1) is 11.8 Å². The molecule has 2 fully saturated rings. The van der Waals surface area contributed by atoms with Gasteiger partial charge in [-0.2, -0.15) is 0 Å². The van der Waals surface area contributed by atoms with Gasteiger partial charge in [-0.25, -0.2) is 0 Å². The Morgan fingerprint density at radius 3 is 2.40 bits per heavy atom. The minimum absolute atomic E-state index is 0.0241. The van der Waals surface area contributed by atoms with Crippen molar-refractivity contribution in [2.75, 3.05) is 40.4 Å². The van der Waals surface area contributed by atoms with Gasteiger partial charge < -0.3 is 24.6 Å². The van der Waals surface area contributed by atoms with Crippen LogP contribution in [0.25, 0.3) is 0 Å². The lowest BCUT2D eigenvalue weighted by Crippen LogP contribution is -2.42. The molecule has 0 aliphatic carbocycles. The Balaban J connectivity index is 1.22. The maximum Gasteiger partial charge on any atom is 0.253 e. The zero-order chi connectivity index (χ0) is 24.8. The topological polar surface area (TPSA) is 88.2 Å². The molecule has 35 heavy (non-hydrogen) atoms. The summed E-state index contributed by atoms with van der Waals surface area (Å²) in [5, 5.41) is 3.05. The number of carbonyl (C=O) groups excluding carboxylic acids is 3. The van der Waals surface area contributed by atoms with Gasteiger partial charge in [0.15, 0.2) is 11.5 Å². The highest BCUT2D eigenvalue weighted by molar-refractivity contribution is 5.95. The van der Waals surface area contributed by atoms with Crippen LogP contribution in [0.4, 0.5) is 0 Å². The maximum absolute atomic E-state index is 12.9. The summed E-state index contributed by atoms with van der Waals surface area (Å²) in [4.78, 5) is 41.6. The number of likely N-dealkylation sites (tertiary alicyclic amines) is 2. The highest BCUT2D eigenvalue weighted by Crippen LogP contribution is 2.29. The van der Waals surface area contributed by atoms with Crippen molar-refractivity contribution in [1.82, 2.24) is 15.1 Å². The zero-order valence-corrected chi connectivity index (χ0v) is 20.4. The van der Waals surface area contributed by atoms with Crippen molar-refractivity contribution in [3.63, 3.8) is 0 Å². The van der Waals surface area contributed by atoms with Crippen LogP contribution in [0.5, 0.6) is 11.5 Å². The fourth-order valence-corrected chi connectivity index (χ4v) is 4.79. The molecule has 1 N–H and O–H groups in total. The molecule has 0 radical (unpaired) electrons. The van der Waals surface area contributed by atoms with Crippen molar-refractivity contribution in [3.8, 4) is 11.5 Å². The van der Waals surface area contributed by atoms with Gasteiger partial charge in [0.05, 0.1) is 20.1 Å². The third kappa shape index (κ3) is 5.93. The molecule has 2 heterocycles. The van der Waals surface area contributed by atoms with Crippen molar-refractivity contribution >= 4 is 17.7 Å². The molecule has 8 heteroatoms. The first-order chi connectivity index (χ1) is 17.0. The minimum Gasteiger partial charge on any atom is -0.493 e. The van der Waals surface area contributed by atoms with E-state index in [2.05, 4.69) is 5.32 Å². The number of methoxy groups -OCH3 is 2. The number of benzene rings is 2. The number of amides is 3. The molecule has 0 bridgehead atoms. The summed E-state index contributed by atoms with van der Waals surface area (Å²) < 4.78 is 10.6. The predicted molar refractivity (Wildman–Crippen MR) is 131 cm³/mol. The van der Waals surface area contributed by atoms with E-state index in [4.69, 9.17) is 9.47 Å². The van der Waals surface area contributed by atoms with Crippen LogP contribution in [0.2, 0.25) is 0 Å². The van der Waals surface area contributed by atoms with Gasteiger partial charge in [-0.1, -0.05) is 30.3 Å². The van der Waals surface area contributed by atoms with Gasteiger partial charge in [0.1, 0.15) is 0 Å². The molecular weight excluding hydrogens is 446 g/mol. The Morgan fingerprint density at radius 2 is 1.71 bits per heavy atom. The van der Waals surface area contributed by atoms with Crippen LogP contribution in [0.3, 0.4) is 0 Å². The fraction of sp³-hybridized carbons (Fsp3) is 0.444. The van der Waals surface area contributed by atoms with Crippen LogP contribution in [0.15, 0.2) is 48.5 Å². The monoisotopic (exact) mass is 479 g/mol. The summed E-state index contributed by atoms with van der Waals surface area (Å²) in [5.41, 5.74) is 1.64. The lowest BCUT2D eigenvalue weighted by molar-refractivity contribution is -0.129. The Hall–Kier alpha value is -3.55. The molecule has 2 aromatic carbocycles. The average Bonchev–Trinajstić information content (AvgIpc) is 3.27. The number of ether oxygens (including phenoxy) is 2. The molecule has 3 amide bonds. The Morgan fingerprint density at radius 1 is 1.00 bits per heavy atom. The predicted octanol–water partition coefficient (Wildman–Crippen LogP) is 2.72. The van der Waals surface area contributed by atoms with Crippen molar-refractivity contribution in [1.29, 1.82) is 0 Å². The SMILES string of the molecule is COc1ccc(C(=O)N2CCC(CNC(=O)C3CC(=O)N(Cc4ccccc4)C3)CC2)cc1OC. The number of piperidine rings is 1. The maximum atomic E-state index is 12.9. The van der Waals surface area contributed by atoms with Crippen LogP contribution >= 0.6 is 0 Å². The van der Waals surface area contributed by atoms with Gasteiger partial charge in [0.25, 0.3) is 5.91 Å². The molecule has 1 atom stereocenters. The second kappa shape index (κ2) is 11.3. The quantitative estimate of drug-likeness (QED) is 0.629. The van der Waals surface area contributed by atoms with Crippen LogP contribution in [-0.4, -0.2) is 67.9 Å². The van der Waals surface area contributed by atoms with Crippen molar-refractivity contribution in [2.24, 2.45) is 11.8 Å². The third-order valence-corrected chi connectivity index (χ3v) is 6.90. The standard InChI is InChI=1S/C27H33N3O5/c1-34-23-9-8-21(14-24(23)35-2)27(33)29-12-10-19(11-13-29)16-28-26(32)22-15-25(31)30(18-22)17-20-6-4-3-5-7-20/h3-9,14,19,22H,10-13,15-18H2,1-2H3,(H,28,32). The minimum atomic E-state index is -0.307. The molecule has 2 saturated heterocycles. The number of nitrogens with zero attached hydrogens (tertiary/aromatic N) is 2. The van der Waals surface area contributed by atoms with E-state index in [1.165, 1.54) is 0 Å². The Kier molecular flexibility index (Phi) is 7.90. The van der Waals surface area contributed by atoms with Gasteiger partial charge in [0.2, 0.25) is 11.8 Å². The third-order valence-electron chi connectivity index (χ3n) is 6.90. The van der Waals surface area contributed by atoms with Crippen LogP contribution in [0.1, 0.15) is 35.2 Å². The first kappa shape index (κ1) is 24.6. The van der Waals surface area contributed by atoms with E-state index in [0.29, 0.717) is 55.7 Å². The fourth-order valence-electron chi connectivity index (χ4n) is 4.79. The molecule has 2 aromatic rings. The second-order valence-electron chi connectivity index (χ2n) is 9.21. The molecule has 0 aromatic heterocycles. The first-order valence-corrected chi connectivity index (χ1v) is 12.1. The number of hydrogen-bond acceptors (Lipinski definition) is 5. The smallest absolute Gasteiger partial charge is 0.253 e. The summed E-state index contributed by atoms with van der Waals surface area (Å²) in [7, 11) is 3.11. The second-order valence-corrected chi connectivity index (χ2v) is 9.21. The number of rotatable bonds is 8. The first-order valence-electron chi connectivity index (χ1n) is 12.1. The van der Waals surface area contributed by atoms with Crippen molar-refractivity contribution < 1.29 is 23.9 Å². The van der Waals surface area contributed by atoms with Gasteiger partial charge in [-0.15, -0.1) is 0 Å². The molecule has 1 unspecified atom stereocenters. The van der Waals surface area contributed by atoms with Crippen molar-refractivity contribution in [3.05, 3.63) is 59.7 Å².